The Morgan fingerprint density at radius 1 is 1.55 bits per heavy atom. The minimum atomic E-state index is -1.04. The number of fused-ring (bicyclic) bond motifs is 1. The van der Waals surface area contributed by atoms with Crippen molar-refractivity contribution in [3.63, 3.8) is 0 Å². The highest BCUT2D eigenvalue weighted by atomic mass is 32.1. The van der Waals surface area contributed by atoms with Gasteiger partial charge in [-0.3, -0.25) is 9.20 Å². The summed E-state index contributed by atoms with van der Waals surface area (Å²) in [6.07, 6.45) is 3.92. The second-order valence-electron chi connectivity index (χ2n) is 5.23. The molecule has 0 bridgehead atoms. The summed E-state index contributed by atoms with van der Waals surface area (Å²) >= 11 is 1.48. The van der Waals surface area contributed by atoms with E-state index in [1.54, 1.807) is 0 Å². The van der Waals surface area contributed by atoms with Crippen LogP contribution in [0.3, 0.4) is 0 Å². The number of nitrogens with zero attached hydrogens (tertiary/aromatic N) is 2. The molecular formula is C13H15N3O3S. The van der Waals surface area contributed by atoms with Crippen molar-refractivity contribution in [1.82, 2.24) is 14.7 Å². The first-order valence-electron chi connectivity index (χ1n) is 6.47. The average Bonchev–Trinajstić information content (AvgIpc) is 2.84. The maximum Gasteiger partial charge on any atom is 0.329 e. The summed E-state index contributed by atoms with van der Waals surface area (Å²) in [4.78, 5) is 28.5. The Labute approximate surface area is 119 Å². The van der Waals surface area contributed by atoms with E-state index in [0.717, 1.165) is 22.8 Å². The number of rotatable bonds is 4. The molecule has 1 aliphatic rings. The minimum Gasteiger partial charge on any atom is -0.480 e. The summed E-state index contributed by atoms with van der Waals surface area (Å²) in [5.41, 5.74) is 0.694. The SMILES string of the molecule is Cc1cn2c(CC(=O)NC3(C(=O)O)CCC3)csc2n1. The molecule has 2 heterocycles. The van der Waals surface area contributed by atoms with Gasteiger partial charge in [0.25, 0.3) is 0 Å². The fourth-order valence-corrected chi connectivity index (χ4v) is 3.39. The lowest BCUT2D eigenvalue weighted by Gasteiger charge is -2.38. The number of carbonyl (C=O) groups is 2. The molecule has 0 aromatic carbocycles. The van der Waals surface area contributed by atoms with Crippen LogP contribution in [0.25, 0.3) is 4.96 Å². The van der Waals surface area contributed by atoms with Crippen LogP contribution >= 0.6 is 11.3 Å². The normalized spacial score (nSPS) is 16.9. The van der Waals surface area contributed by atoms with Crippen molar-refractivity contribution in [3.8, 4) is 0 Å². The smallest absolute Gasteiger partial charge is 0.329 e. The van der Waals surface area contributed by atoms with Crippen LogP contribution in [0.2, 0.25) is 0 Å². The summed E-state index contributed by atoms with van der Waals surface area (Å²) in [6, 6.07) is 0. The number of aliphatic carboxylic acids is 1. The number of carboxylic acids is 1. The van der Waals surface area contributed by atoms with Gasteiger partial charge in [-0.05, 0) is 26.2 Å². The third kappa shape index (κ3) is 2.07. The van der Waals surface area contributed by atoms with E-state index in [1.807, 2.05) is 22.9 Å². The monoisotopic (exact) mass is 293 g/mol. The third-order valence-corrected chi connectivity index (χ3v) is 4.63. The maximum absolute atomic E-state index is 12.1. The number of carboxylic acid groups (broad SMARTS) is 1. The van der Waals surface area contributed by atoms with E-state index in [-0.39, 0.29) is 12.3 Å². The molecular weight excluding hydrogens is 278 g/mol. The van der Waals surface area contributed by atoms with E-state index in [1.165, 1.54) is 11.3 Å². The Hall–Kier alpha value is -1.89. The highest BCUT2D eigenvalue weighted by Gasteiger charge is 2.45. The van der Waals surface area contributed by atoms with Gasteiger partial charge in [0.2, 0.25) is 5.91 Å². The Kier molecular flexibility index (Phi) is 3.01. The molecule has 1 saturated carbocycles. The van der Waals surface area contributed by atoms with Crippen LogP contribution in [-0.2, 0) is 16.0 Å². The summed E-state index contributed by atoms with van der Waals surface area (Å²) in [6.45, 7) is 1.90. The van der Waals surface area contributed by atoms with Gasteiger partial charge in [-0.25, -0.2) is 9.78 Å². The average molecular weight is 293 g/mol. The fourth-order valence-electron chi connectivity index (χ4n) is 2.47. The molecule has 20 heavy (non-hydrogen) atoms. The van der Waals surface area contributed by atoms with Crippen molar-refractivity contribution in [2.45, 2.75) is 38.1 Å². The van der Waals surface area contributed by atoms with Crippen LogP contribution in [-0.4, -0.2) is 31.9 Å². The fraction of sp³-hybridized carbons (Fsp3) is 0.462. The molecule has 0 saturated heterocycles. The first-order chi connectivity index (χ1) is 9.50. The quantitative estimate of drug-likeness (QED) is 0.891. The molecule has 6 nitrogen and oxygen atoms in total. The molecule has 1 aliphatic carbocycles. The van der Waals surface area contributed by atoms with Crippen LogP contribution < -0.4 is 5.32 Å². The number of nitrogens with one attached hydrogen (secondary N) is 1. The largest absolute Gasteiger partial charge is 0.480 e. The van der Waals surface area contributed by atoms with E-state index in [4.69, 9.17) is 0 Å². The standard InChI is InChI=1S/C13H15N3O3S/c1-8-6-16-9(7-20-12(16)14-8)5-10(17)15-13(11(18)19)3-2-4-13/h6-7H,2-5H2,1H3,(H,15,17)(H,18,19). The molecule has 0 spiro atoms. The Bertz CT molecular complexity index is 684. The van der Waals surface area contributed by atoms with E-state index in [0.29, 0.717) is 12.8 Å². The Balaban J connectivity index is 1.74. The molecule has 2 N–H and O–H groups in total. The molecule has 0 radical (unpaired) electrons. The maximum atomic E-state index is 12.1. The van der Waals surface area contributed by atoms with E-state index in [9.17, 15) is 14.7 Å². The van der Waals surface area contributed by atoms with Crippen molar-refractivity contribution >= 4 is 28.2 Å². The number of amides is 1. The second-order valence-corrected chi connectivity index (χ2v) is 6.06. The van der Waals surface area contributed by atoms with E-state index < -0.39 is 11.5 Å². The molecule has 1 fully saturated rings. The topological polar surface area (TPSA) is 83.7 Å². The van der Waals surface area contributed by atoms with Crippen LogP contribution in [0, 0.1) is 6.92 Å². The summed E-state index contributed by atoms with van der Waals surface area (Å²) < 4.78 is 1.88. The second kappa shape index (κ2) is 4.59. The zero-order chi connectivity index (χ0) is 14.3. The molecule has 7 heteroatoms. The number of hydrogen-bond donors (Lipinski definition) is 2. The van der Waals surface area contributed by atoms with Crippen molar-refractivity contribution in [2.75, 3.05) is 0 Å². The van der Waals surface area contributed by atoms with E-state index in [2.05, 4.69) is 10.3 Å². The zero-order valence-electron chi connectivity index (χ0n) is 11.0. The highest BCUT2D eigenvalue weighted by Crippen LogP contribution is 2.32. The number of thiazole rings is 1. The van der Waals surface area contributed by atoms with Crippen LogP contribution in [0.5, 0.6) is 0 Å². The van der Waals surface area contributed by atoms with Gasteiger partial charge in [0, 0.05) is 17.3 Å². The summed E-state index contributed by atoms with van der Waals surface area (Å²) in [7, 11) is 0. The molecule has 3 rings (SSSR count). The summed E-state index contributed by atoms with van der Waals surface area (Å²) in [5.74, 6) is -1.19. The van der Waals surface area contributed by atoms with Gasteiger partial charge in [-0.2, -0.15) is 0 Å². The first-order valence-corrected chi connectivity index (χ1v) is 7.35. The third-order valence-electron chi connectivity index (χ3n) is 3.74. The van der Waals surface area contributed by atoms with Crippen LogP contribution in [0.4, 0.5) is 0 Å². The van der Waals surface area contributed by atoms with Gasteiger partial charge in [0.15, 0.2) is 4.96 Å². The number of hydrogen-bond acceptors (Lipinski definition) is 4. The van der Waals surface area contributed by atoms with Gasteiger partial charge < -0.3 is 10.4 Å². The predicted molar refractivity (Wildman–Crippen MR) is 73.9 cm³/mol. The highest BCUT2D eigenvalue weighted by molar-refractivity contribution is 7.15. The molecule has 2 aromatic heterocycles. The molecule has 0 aliphatic heterocycles. The van der Waals surface area contributed by atoms with Crippen LogP contribution in [0.15, 0.2) is 11.6 Å². The zero-order valence-corrected chi connectivity index (χ0v) is 11.9. The van der Waals surface area contributed by atoms with Crippen molar-refractivity contribution in [1.29, 1.82) is 0 Å². The number of aryl methyl sites for hydroxylation is 1. The summed E-state index contributed by atoms with van der Waals surface area (Å²) in [5, 5.41) is 13.8. The first kappa shape index (κ1) is 13.1. The lowest BCUT2D eigenvalue weighted by Crippen LogP contribution is -2.59. The van der Waals surface area contributed by atoms with Gasteiger partial charge >= 0.3 is 5.97 Å². The molecule has 1 amide bonds. The van der Waals surface area contributed by atoms with Gasteiger partial charge in [-0.1, -0.05) is 0 Å². The lowest BCUT2D eigenvalue weighted by molar-refractivity contribution is -0.151. The Morgan fingerprint density at radius 3 is 2.90 bits per heavy atom. The van der Waals surface area contributed by atoms with Crippen molar-refractivity contribution in [2.24, 2.45) is 0 Å². The van der Waals surface area contributed by atoms with Crippen molar-refractivity contribution in [3.05, 3.63) is 23.0 Å². The Morgan fingerprint density at radius 2 is 2.30 bits per heavy atom. The molecule has 2 aromatic rings. The van der Waals surface area contributed by atoms with Gasteiger partial charge in [-0.15, -0.1) is 11.3 Å². The predicted octanol–water partition coefficient (Wildman–Crippen LogP) is 1.37. The lowest BCUT2D eigenvalue weighted by atomic mass is 9.76. The van der Waals surface area contributed by atoms with Crippen molar-refractivity contribution < 1.29 is 14.7 Å². The number of imidazole rings is 1. The van der Waals surface area contributed by atoms with Gasteiger partial charge in [0.1, 0.15) is 5.54 Å². The number of carbonyl (C=O) groups excluding carboxylic acids is 1. The number of aromatic nitrogens is 2. The van der Waals surface area contributed by atoms with Gasteiger partial charge in [0.05, 0.1) is 12.1 Å². The van der Waals surface area contributed by atoms with E-state index >= 15 is 0 Å². The molecule has 0 atom stereocenters. The molecule has 106 valence electrons. The van der Waals surface area contributed by atoms with Crippen LogP contribution in [0.1, 0.15) is 30.7 Å². The molecule has 0 unspecified atom stereocenters. The minimum absolute atomic E-state index is 0.171.